The van der Waals surface area contributed by atoms with Gasteiger partial charge >= 0.3 is 0 Å². The highest BCUT2D eigenvalue weighted by atomic mass is 79.9. The smallest absolute Gasteiger partial charge is 0.175 e. The minimum absolute atomic E-state index is 0.449. The molecule has 2 aliphatic rings. The predicted octanol–water partition coefficient (Wildman–Crippen LogP) is 3.89. The molecular formula is C17H24BrNO2. The Balaban J connectivity index is 1.96. The van der Waals surface area contributed by atoms with Crippen LogP contribution >= 0.6 is 15.9 Å². The summed E-state index contributed by atoms with van der Waals surface area (Å²) >= 11 is 3.66. The van der Waals surface area contributed by atoms with Gasteiger partial charge in [0.1, 0.15) is 13.2 Å². The molecule has 1 saturated heterocycles. The molecule has 0 atom stereocenters. The molecule has 1 aromatic rings. The first kappa shape index (κ1) is 15.2. The maximum Gasteiger partial charge on any atom is 0.175 e. The van der Waals surface area contributed by atoms with Gasteiger partial charge in [-0.2, -0.15) is 0 Å². The molecule has 0 aliphatic carbocycles. The highest BCUT2D eigenvalue weighted by Crippen LogP contribution is 2.45. The number of hydrogen-bond donors (Lipinski definition) is 1. The molecule has 0 spiro atoms. The van der Waals surface area contributed by atoms with Gasteiger partial charge in [0, 0.05) is 5.56 Å². The average molecular weight is 354 g/mol. The number of fused-ring (bicyclic) bond motifs is 1. The first-order chi connectivity index (χ1) is 10.2. The van der Waals surface area contributed by atoms with Gasteiger partial charge < -0.3 is 14.8 Å². The second-order valence-electron chi connectivity index (χ2n) is 6.34. The highest BCUT2D eigenvalue weighted by Gasteiger charge is 2.26. The maximum atomic E-state index is 5.96. The van der Waals surface area contributed by atoms with Crippen LogP contribution in [0.4, 0.5) is 0 Å². The van der Waals surface area contributed by atoms with Crippen LogP contribution in [0.5, 0.6) is 11.5 Å². The standard InChI is InChI=1S/C17H24BrNO2/c1-11(2)15-13(9-12-3-5-19-6-4-12)10-14(18)16-17(15)21-8-7-20-16/h10-12,19H,3-9H2,1-2H3. The molecule has 1 aromatic carbocycles. The third-order valence-corrected chi connectivity index (χ3v) is 5.02. The molecule has 0 bridgehead atoms. The van der Waals surface area contributed by atoms with Crippen LogP contribution in [-0.2, 0) is 6.42 Å². The Morgan fingerprint density at radius 2 is 1.86 bits per heavy atom. The summed E-state index contributed by atoms with van der Waals surface area (Å²) in [7, 11) is 0. The number of piperidine rings is 1. The number of benzene rings is 1. The Kier molecular flexibility index (Phi) is 4.75. The van der Waals surface area contributed by atoms with Gasteiger partial charge in [-0.15, -0.1) is 0 Å². The average Bonchev–Trinajstić information content (AvgIpc) is 2.48. The molecule has 0 radical (unpaired) electrons. The second-order valence-corrected chi connectivity index (χ2v) is 7.19. The zero-order valence-electron chi connectivity index (χ0n) is 12.9. The summed E-state index contributed by atoms with van der Waals surface area (Å²) in [5.74, 6) is 3.08. The fourth-order valence-corrected chi connectivity index (χ4v) is 4.01. The van der Waals surface area contributed by atoms with Gasteiger partial charge in [-0.05, 0) is 71.7 Å². The van der Waals surface area contributed by atoms with Crippen LogP contribution in [0.3, 0.4) is 0 Å². The Bertz CT molecular complexity index is 510. The van der Waals surface area contributed by atoms with Crippen molar-refractivity contribution < 1.29 is 9.47 Å². The molecule has 2 aliphatic heterocycles. The van der Waals surface area contributed by atoms with Crippen molar-refractivity contribution in [2.75, 3.05) is 26.3 Å². The first-order valence-electron chi connectivity index (χ1n) is 7.98. The van der Waals surface area contributed by atoms with Crippen LogP contribution in [0.2, 0.25) is 0 Å². The van der Waals surface area contributed by atoms with Crippen molar-refractivity contribution >= 4 is 15.9 Å². The SMILES string of the molecule is CC(C)c1c(CC2CCNCC2)cc(Br)c2c1OCCO2. The van der Waals surface area contributed by atoms with E-state index in [9.17, 15) is 0 Å². The molecule has 1 fully saturated rings. The zero-order chi connectivity index (χ0) is 14.8. The van der Waals surface area contributed by atoms with Crippen molar-refractivity contribution in [3.05, 3.63) is 21.7 Å². The lowest BCUT2D eigenvalue weighted by Crippen LogP contribution is -2.29. The maximum absolute atomic E-state index is 5.96. The van der Waals surface area contributed by atoms with Gasteiger partial charge in [0.15, 0.2) is 11.5 Å². The topological polar surface area (TPSA) is 30.5 Å². The van der Waals surface area contributed by atoms with Gasteiger partial charge in [0.25, 0.3) is 0 Å². The quantitative estimate of drug-likeness (QED) is 0.894. The number of halogens is 1. The van der Waals surface area contributed by atoms with Crippen LogP contribution in [0.1, 0.15) is 43.7 Å². The lowest BCUT2D eigenvalue weighted by atomic mass is 9.86. The van der Waals surface area contributed by atoms with Gasteiger partial charge in [0.2, 0.25) is 0 Å². The van der Waals surface area contributed by atoms with E-state index < -0.39 is 0 Å². The molecule has 0 amide bonds. The first-order valence-corrected chi connectivity index (χ1v) is 8.77. The van der Waals surface area contributed by atoms with Crippen molar-refractivity contribution in [3.63, 3.8) is 0 Å². The lowest BCUT2D eigenvalue weighted by Gasteiger charge is -2.28. The molecule has 0 saturated carbocycles. The van der Waals surface area contributed by atoms with E-state index in [0.29, 0.717) is 19.1 Å². The van der Waals surface area contributed by atoms with Crippen molar-refractivity contribution in [1.29, 1.82) is 0 Å². The van der Waals surface area contributed by atoms with E-state index in [2.05, 4.69) is 41.2 Å². The molecule has 4 heteroatoms. The summed E-state index contributed by atoms with van der Waals surface area (Å²) in [6.45, 7) is 8.06. The summed E-state index contributed by atoms with van der Waals surface area (Å²) in [6, 6.07) is 2.25. The van der Waals surface area contributed by atoms with Gasteiger partial charge in [0.05, 0.1) is 4.47 Å². The normalized spacial score (nSPS) is 19.0. The fourth-order valence-electron chi connectivity index (χ4n) is 3.44. The third kappa shape index (κ3) is 3.21. The van der Waals surface area contributed by atoms with E-state index >= 15 is 0 Å². The molecule has 3 nitrogen and oxygen atoms in total. The molecule has 3 rings (SSSR count). The number of ether oxygens (including phenoxy) is 2. The van der Waals surface area contributed by atoms with Crippen LogP contribution < -0.4 is 14.8 Å². The molecule has 0 aromatic heterocycles. The Hall–Kier alpha value is -0.740. The molecule has 1 N–H and O–H groups in total. The predicted molar refractivity (Wildman–Crippen MR) is 88.5 cm³/mol. The number of rotatable bonds is 3. The van der Waals surface area contributed by atoms with Gasteiger partial charge in [-0.1, -0.05) is 13.8 Å². The summed E-state index contributed by atoms with van der Waals surface area (Å²) in [5.41, 5.74) is 2.76. The summed E-state index contributed by atoms with van der Waals surface area (Å²) < 4.78 is 12.8. The van der Waals surface area contributed by atoms with E-state index in [0.717, 1.165) is 41.4 Å². The van der Waals surface area contributed by atoms with Crippen LogP contribution in [0, 0.1) is 5.92 Å². The van der Waals surface area contributed by atoms with Crippen molar-refractivity contribution in [1.82, 2.24) is 5.32 Å². The monoisotopic (exact) mass is 353 g/mol. The van der Waals surface area contributed by atoms with Crippen LogP contribution in [0.15, 0.2) is 10.5 Å². The molecule has 21 heavy (non-hydrogen) atoms. The Morgan fingerprint density at radius 1 is 1.19 bits per heavy atom. The van der Waals surface area contributed by atoms with E-state index in [1.54, 1.807) is 0 Å². The van der Waals surface area contributed by atoms with Crippen molar-refractivity contribution in [2.24, 2.45) is 5.92 Å². The van der Waals surface area contributed by atoms with Crippen LogP contribution in [0.25, 0.3) is 0 Å². The molecular weight excluding hydrogens is 330 g/mol. The highest BCUT2D eigenvalue weighted by molar-refractivity contribution is 9.10. The van der Waals surface area contributed by atoms with E-state index in [4.69, 9.17) is 9.47 Å². The second kappa shape index (κ2) is 6.57. The lowest BCUT2D eigenvalue weighted by molar-refractivity contribution is 0.168. The minimum Gasteiger partial charge on any atom is -0.486 e. The van der Waals surface area contributed by atoms with Gasteiger partial charge in [-0.25, -0.2) is 0 Å². The van der Waals surface area contributed by atoms with Crippen molar-refractivity contribution in [3.8, 4) is 11.5 Å². The zero-order valence-corrected chi connectivity index (χ0v) is 14.5. The Labute approximate surface area is 135 Å². The molecule has 0 unspecified atom stereocenters. The number of hydrogen-bond acceptors (Lipinski definition) is 3. The summed E-state index contributed by atoms with van der Waals surface area (Å²) in [5, 5.41) is 3.45. The van der Waals surface area contributed by atoms with E-state index in [-0.39, 0.29) is 0 Å². The van der Waals surface area contributed by atoms with E-state index in [1.165, 1.54) is 24.0 Å². The summed E-state index contributed by atoms with van der Waals surface area (Å²) in [4.78, 5) is 0. The largest absolute Gasteiger partial charge is 0.486 e. The minimum atomic E-state index is 0.449. The summed E-state index contributed by atoms with van der Waals surface area (Å²) in [6.07, 6.45) is 3.68. The Morgan fingerprint density at radius 3 is 2.52 bits per heavy atom. The van der Waals surface area contributed by atoms with Gasteiger partial charge in [-0.3, -0.25) is 0 Å². The molecule has 116 valence electrons. The van der Waals surface area contributed by atoms with E-state index in [1.807, 2.05) is 0 Å². The number of nitrogens with one attached hydrogen (secondary N) is 1. The van der Waals surface area contributed by atoms with Crippen LogP contribution in [-0.4, -0.2) is 26.3 Å². The fraction of sp³-hybridized carbons (Fsp3) is 0.647. The third-order valence-electron chi connectivity index (χ3n) is 4.44. The molecule has 2 heterocycles. The van der Waals surface area contributed by atoms with Crippen molar-refractivity contribution in [2.45, 2.75) is 39.0 Å².